The first-order valence-corrected chi connectivity index (χ1v) is 5.48. The molecule has 1 rings (SSSR count). The quantitative estimate of drug-likeness (QED) is 0.235. The fourth-order valence-electron chi connectivity index (χ4n) is 1.59. The second-order valence-electron chi connectivity index (χ2n) is 3.63. The molecule has 0 radical (unpaired) electrons. The van der Waals surface area contributed by atoms with E-state index in [2.05, 4.69) is 15.5 Å². The van der Waals surface area contributed by atoms with Gasteiger partial charge in [-0.1, -0.05) is 11.6 Å². The third-order valence-electron chi connectivity index (χ3n) is 2.44. The van der Waals surface area contributed by atoms with Crippen LogP contribution >= 0.6 is 0 Å². The van der Waals surface area contributed by atoms with Crippen molar-refractivity contribution >= 4 is 5.91 Å². The Hall–Kier alpha value is -1.41. The van der Waals surface area contributed by atoms with E-state index >= 15 is 0 Å². The molecule has 1 amide bonds. The summed E-state index contributed by atoms with van der Waals surface area (Å²) in [7, 11) is 0. The first-order chi connectivity index (χ1) is 8.27. The molecular formula is C9H16N4O4. The van der Waals surface area contributed by atoms with E-state index in [0.717, 1.165) is 12.8 Å². The monoisotopic (exact) mass is 244 g/mol. The fraction of sp³-hybridized carbons (Fsp3) is 0.889. The lowest BCUT2D eigenvalue weighted by Gasteiger charge is -2.09. The van der Waals surface area contributed by atoms with Crippen LogP contribution in [-0.2, 0) is 14.3 Å². The van der Waals surface area contributed by atoms with Gasteiger partial charge in [0, 0.05) is 5.18 Å². The minimum Gasteiger partial charge on any atom is -0.350 e. The normalized spacial score (nSPS) is 18.6. The Kier molecular flexibility index (Phi) is 6.26. The average Bonchev–Trinajstić information content (AvgIpc) is 2.85. The van der Waals surface area contributed by atoms with Gasteiger partial charge in [0.1, 0.15) is 0 Å². The number of unbranched alkanes of at least 4 members (excludes halogenated alkanes) is 1. The highest BCUT2D eigenvalue weighted by atomic mass is 16.7. The van der Waals surface area contributed by atoms with Crippen LogP contribution in [0.25, 0.3) is 0 Å². The molecule has 1 saturated heterocycles. The smallest absolute Gasteiger partial charge is 0.312 e. The minimum absolute atomic E-state index is 0.149. The van der Waals surface area contributed by atoms with Crippen LogP contribution in [0.4, 0.5) is 0 Å². The van der Waals surface area contributed by atoms with Crippen molar-refractivity contribution in [1.82, 2.24) is 0 Å². The van der Waals surface area contributed by atoms with Crippen LogP contribution in [0.1, 0.15) is 25.7 Å². The molecule has 8 heteroatoms. The zero-order valence-electron chi connectivity index (χ0n) is 9.45. The van der Waals surface area contributed by atoms with Crippen LogP contribution in [0.3, 0.4) is 0 Å². The molecule has 1 heterocycles. The molecule has 0 aliphatic carbocycles. The molecule has 0 bridgehead atoms. The van der Waals surface area contributed by atoms with Gasteiger partial charge in [0.2, 0.25) is 0 Å². The maximum absolute atomic E-state index is 11.0. The Balaban J connectivity index is 2.17. The molecule has 8 nitrogen and oxygen atoms in total. The molecule has 2 N–H and O–H groups in total. The van der Waals surface area contributed by atoms with Gasteiger partial charge in [-0.25, -0.2) is 0 Å². The summed E-state index contributed by atoms with van der Waals surface area (Å²) in [6, 6.07) is -0.858. The number of nitroso groups, excluding NO2 is 1. The van der Waals surface area contributed by atoms with E-state index in [1.54, 1.807) is 0 Å². The van der Waals surface area contributed by atoms with Crippen LogP contribution in [0, 0.1) is 4.91 Å². The second-order valence-corrected chi connectivity index (χ2v) is 3.63. The zero-order valence-corrected chi connectivity index (χ0v) is 9.45. The lowest BCUT2D eigenvalue weighted by molar-refractivity contribution is -0.119. The Morgan fingerprint density at radius 3 is 2.65 bits per heavy atom. The largest absolute Gasteiger partial charge is 0.350 e. The summed E-state index contributed by atoms with van der Waals surface area (Å²) in [5.74, 6) is 4.01. The molecule has 0 aromatic carbocycles. The lowest BCUT2D eigenvalue weighted by Crippen LogP contribution is -2.16. The van der Waals surface area contributed by atoms with Gasteiger partial charge in [-0.2, -0.15) is 5.11 Å². The summed E-state index contributed by atoms with van der Waals surface area (Å²) in [4.78, 5) is 21.1. The summed E-state index contributed by atoms with van der Waals surface area (Å²) in [5, 5.41) is 8.79. The molecule has 1 unspecified atom stereocenters. The van der Waals surface area contributed by atoms with Crippen molar-refractivity contribution < 1.29 is 14.3 Å². The number of amides is 1. The van der Waals surface area contributed by atoms with Crippen molar-refractivity contribution in [2.45, 2.75) is 38.0 Å². The number of hydrogen-bond acceptors (Lipinski definition) is 6. The predicted octanol–water partition coefficient (Wildman–Crippen LogP) is 0.907. The number of rotatable bonds is 7. The Morgan fingerprint density at radius 1 is 1.35 bits per heavy atom. The van der Waals surface area contributed by atoms with E-state index in [-0.39, 0.29) is 6.29 Å². The van der Waals surface area contributed by atoms with Gasteiger partial charge in [-0.3, -0.25) is 4.79 Å². The highest BCUT2D eigenvalue weighted by Gasteiger charge is 2.19. The lowest BCUT2D eigenvalue weighted by atomic mass is 10.1. The van der Waals surface area contributed by atoms with E-state index in [0.29, 0.717) is 26.1 Å². The van der Waals surface area contributed by atoms with Crippen LogP contribution < -0.4 is 5.84 Å². The van der Waals surface area contributed by atoms with Crippen molar-refractivity contribution in [3.63, 3.8) is 0 Å². The number of carbonyl (C=O) groups is 1. The summed E-state index contributed by atoms with van der Waals surface area (Å²) in [6.07, 6.45) is 2.53. The summed E-state index contributed by atoms with van der Waals surface area (Å²) >= 11 is 0. The fourth-order valence-corrected chi connectivity index (χ4v) is 1.59. The van der Waals surface area contributed by atoms with Crippen molar-refractivity contribution in [3.8, 4) is 0 Å². The predicted molar refractivity (Wildman–Crippen MR) is 57.8 cm³/mol. The summed E-state index contributed by atoms with van der Waals surface area (Å²) < 4.78 is 10.5. The van der Waals surface area contributed by atoms with Crippen LogP contribution in [-0.4, -0.2) is 31.5 Å². The molecule has 96 valence electrons. The first kappa shape index (κ1) is 13.7. The second kappa shape index (κ2) is 7.80. The molecule has 1 aliphatic heterocycles. The molecular weight excluding hydrogens is 228 g/mol. The van der Waals surface area contributed by atoms with Gasteiger partial charge in [0.25, 0.3) is 0 Å². The molecule has 17 heavy (non-hydrogen) atoms. The van der Waals surface area contributed by atoms with Gasteiger partial charge < -0.3 is 15.3 Å². The third-order valence-corrected chi connectivity index (χ3v) is 2.44. The van der Waals surface area contributed by atoms with Crippen molar-refractivity contribution in [2.75, 3.05) is 13.2 Å². The minimum atomic E-state index is -0.858. The van der Waals surface area contributed by atoms with Crippen molar-refractivity contribution in [3.05, 3.63) is 4.91 Å². The number of ether oxygens (including phenoxy) is 2. The molecule has 1 aliphatic rings. The third kappa shape index (κ3) is 4.96. The Labute approximate surface area is 98.5 Å². The zero-order chi connectivity index (χ0) is 12.5. The number of carbonyl (C=O) groups excluding carboxylic acids is 1. The molecule has 0 aromatic heterocycles. The average molecular weight is 244 g/mol. The number of nitrogens with zero attached hydrogens (tertiary/aromatic N) is 3. The molecule has 0 saturated carbocycles. The van der Waals surface area contributed by atoms with Gasteiger partial charge in [-0.05, 0) is 19.3 Å². The highest BCUT2D eigenvalue weighted by molar-refractivity contribution is 5.82. The Morgan fingerprint density at radius 2 is 2.06 bits per heavy atom. The number of hydrogen-bond donors (Lipinski definition) is 1. The highest BCUT2D eigenvalue weighted by Crippen LogP contribution is 2.14. The van der Waals surface area contributed by atoms with E-state index in [9.17, 15) is 9.70 Å². The van der Waals surface area contributed by atoms with Gasteiger partial charge in [-0.15, -0.1) is 4.91 Å². The van der Waals surface area contributed by atoms with Crippen molar-refractivity contribution in [1.29, 1.82) is 0 Å². The topological polar surface area (TPSA) is 116 Å². The van der Waals surface area contributed by atoms with E-state index < -0.39 is 11.9 Å². The van der Waals surface area contributed by atoms with E-state index in [1.165, 1.54) is 0 Å². The standard InChI is InChI=1S/C9H16N4O4/c10-13-11-7(9(14)12-15)3-1-2-4-8-16-5-6-17-8/h7-8H,1-6H2,(H2,10,11). The van der Waals surface area contributed by atoms with Crippen LogP contribution in [0.15, 0.2) is 15.5 Å². The van der Waals surface area contributed by atoms with Crippen molar-refractivity contribution in [2.24, 2.45) is 21.4 Å². The van der Waals surface area contributed by atoms with Crippen LogP contribution in [0.5, 0.6) is 0 Å². The number of nitrogens with two attached hydrogens (primary N) is 1. The summed E-state index contributed by atoms with van der Waals surface area (Å²) in [5.41, 5.74) is 0. The van der Waals surface area contributed by atoms with E-state index in [4.69, 9.17) is 15.3 Å². The molecule has 0 spiro atoms. The summed E-state index contributed by atoms with van der Waals surface area (Å²) in [6.45, 7) is 1.25. The first-order valence-electron chi connectivity index (χ1n) is 5.48. The van der Waals surface area contributed by atoms with Gasteiger partial charge >= 0.3 is 5.91 Å². The van der Waals surface area contributed by atoms with E-state index in [1.807, 2.05) is 0 Å². The maximum Gasteiger partial charge on any atom is 0.312 e. The van der Waals surface area contributed by atoms with Gasteiger partial charge in [0.05, 0.1) is 13.2 Å². The molecule has 0 aromatic rings. The molecule has 1 atom stereocenters. The Bertz CT molecular complexity index is 278. The maximum atomic E-state index is 11.0. The van der Waals surface area contributed by atoms with Crippen LogP contribution in [0.2, 0.25) is 0 Å². The SMILES string of the molecule is NN=NC(CCCCC1OCCO1)C(=O)N=O. The van der Waals surface area contributed by atoms with Gasteiger partial charge in [0.15, 0.2) is 12.3 Å². The molecule has 1 fully saturated rings.